The lowest BCUT2D eigenvalue weighted by molar-refractivity contribution is -0.0871. The van der Waals surface area contributed by atoms with E-state index in [-0.39, 0.29) is 0 Å². The van der Waals surface area contributed by atoms with Gasteiger partial charge >= 0.3 is 22.0 Å². The van der Waals surface area contributed by atoms with E-state index in [1.165, 1.54) is 0 Å². The summed E-state index contributed by atoms with van der Waals surface area (Å²) in [6.45, 7) is 0. The molecule has 0 aliphatic heterocycles. The number of benzene rings is 4. The first kappa shape index (κ1) is 40.7. The maximum absolute atomic E-state index is 13.1. The van der Waals surface area contributed by atoms with Crippen molar-refractivity contribution < 1.29 is 78.6 Å². The molecule has 2 heterocycles. The molecule has 0 atom stereocenters. The first-order chi connectivity index (χ1) is 22.7. The van der Waals surface area contributed by atoms with Gasteiger partial charge in [-0.15, -0.1) is 26.3 Å². The molecule has 0 spiro atoms. The van der Waals surface area contributed by atoms with Crippen molar-refractivity contribution >= 4 is 81.5 Å². The molecule has 0 N–H and O–H groups in total. The van der Waals surface area contributed by atoms with E-state index in [4.69, 9.17) is 25.9 Å². The number of fused-ring (bicyclic) bond motifs is 6. The summed E-state index contributed by atoms with van der Waals surface area (Å²) in [7, 11) is -15.8. The van der Waals surface area contributed by atoms with Crippen LogP contribution in [0.25, 0.3) is 40.3 Å². The predicted molar refractivity (Wildman–Crippen MR) is 162 cm³/mol. The van der Waals surface area contributed by atoms with Gasteiger partial charge in [0.25, 0.3) is 0 Å². The number of hydrogen-bond donors (Lipinski definition) is 0. The van der Waals surface area contributed by atoms with Crippen LogP contribution in [-0.4, -0.2) is 37.0 Å². The summed E-state index contributed by atoms with van der Waals surface area (Å²) in [5.74, 6) is 0. The zero-order chi connectivity index (χ0) is 38.1. The standard InChI is InChI=1S/2C13H8F3S.2CHF3O3S/c2*14-13(15,16)17-11-7-3-1-5-9(11)10-6-2-4-8-12(10)17;2*2-1(3,4)8(5,6)7/h2*1-8H;2*(H,5,6,7)/q2*+1;;/p-2. The molecule has 0 radical (unpaired) electrons. The van der Waals surface area contributed by atoms with Gasteiger partial charge in [0.15, 0.2) is 39.0 Å². The van der Waals surface area contributed by atoms with E-state index in [1.807, 2.05) is 0 Å². The van der Waals surface area contributed by atoms with Gasteiger partial charge in [0.2, 0.25) is 0 Å². The molecule has 0 fully saturated rings. The number of rotatable bonds is 0. The van der Waals surface area contributed by atoms with Crippen LogP contribution in [0.4, 0.5) is 52.7 Å². The third kappa shape index (κ3) is 9.34. The van der Waals surface area contributed by atoms with Gasteiger partial charge in [-0.2, -0.15) is 26.3 Å². The Labute approximate surface area is 278 Å². The molecule has 0 unspecified atom stereocenters. The van der Waals surface area contributed by atoms with Crippen molar-refractivity contribution in [1.29, 1.82) is 0 Å². The molecule has 2 aromatic heterocycles. The molecule has 6 rings (SSSR count). The Bertz CT molecular complexity index is 2060. The van der Waals surface area contributed by atoms with E-state index in [0.29, 0.717) is 40.3 Å². The third-order valence-corrected chi connectivity index (χ3v) is 11.3. The highest BCUT2D eigenvalue weighted by Crippen LogP contribution is 2.54. The first-order valence-electron chi connectivity index (χ1n) is 12.7. The second kappa shape index (κ2) is 14.5. The molecule has 272 valence electrons. The van der Waals surface area contributed by atoms with Crippen LogP contribution in [0.5, 0.6) is 0 Å². The second-order valence-electron chi connectivity index (χ2n) is 9.29. The zero-order valence-corrected chi connectivity index (χ0v) is 27.1. The number of hydrogen-bond acceptors (Lipinski definition) is 6. The number of alkyl halides is 12. The Hall–Kier alpha value is -3.70. The van der Waals surface area contributed by atoms with Gasteiger partial charge < -0.3 is 9.11 Å². The van der Waals surface area contributed by atoms with Gasteiger partial charge in [-0.1, -0.05) is 48.5 Å². The molecule has 0 aliphatic rings. The maximum atomic E-state index is 13.1. The minimum Gasteiger partial charge on any atom is -0.741 e. The minimum atomic E-state index is -6.09. The van der Waals surface area contributed by atoms with Crippen LogP contribution in [0.1, 0.15) is 0 Å². The summed E-state index contributed by atoms with van der Waals surface area (Å²) < 4.78 is 198. The fourth-order valence-electron chi connectivity index (χ4n) is 4.20. The fraction of sp³-hybridized carbons (Fsp3) is 0.143. The molecule has 0 amide bonds. The maximum Gasteiger partial charge on any atom is 0.601 e. The second-order valence-corrected chi connectivity index (χ2v) is 15.9. The molecule has 0 aliphatic carbocycles. The number of thiophene rings is 2. The summed E-state index contributed by atoms with van der Waals surface area (Å²) in [6.07, 6.45) is 0. The van der Waals surface area contributed by atoms with Crippen LogP contribution in [-0.2, 0) is 31.3 Å². The van der Waals surface area contributed by atoms with Gasteiger partial charge in [-0.3, -0.25) is 0 Å². The van der Waals surface area contributed by atoms with E-state index in [2.05, 4.69) is 0 Å². The highest BCUT2D eigenvalue weighted by Gasteiger charge is 2.48. The van der Waals surface area contributed by atoms with Gasteiger partial charge in [0.1, 0.15) is 20.9 Å². The lowest BCUT2D eigenvalue weighted by atomic mass is 10.2. The van der Waals surface area contributed by atoms with Gasteiger partial charge in [0, 0.05) is 21.5 Å². The third-order valence-electron chi connectivity index (χ3n) is 6.04. The Balaban J connectivity index is 0.000000193. The van der Waals surface area contributed by atoms with Gasteiger partial charge in [-0.25, -0.2) is 16.8 Å². The summed E-state index contributed by atoms with van der Waals surface area (Å²) in [5, 5.41) is 2.85. The molecule has 6 aromatic rings. The highest BCUT2D eigenvalue weighted by molar-refractivity contribution is 7.86. The van der Waals surface area contributed by atoms with Crippen LogP contribution >= 0.6 is 20.9 Å². The average Bonchev–Trinajstić information content (AvgIpc) is 3.50. The molecule has 0 saturated carbocycles. The molecule has 22 heteroatoms. The van der Waals surface area contributed by atoms with Crippen molar-refractivity contribution in [3.05, 3.63) is 97.1 Å². The Morgan fingerprint density at radius 3 is 0.680 bits per heavy atom. The molecule has 0 bridgehead atoms. The first-order valence-corrected chi connectivity index (χ1v) is 18.0. The van der Waals surface area contributed by atoms with Crippen molar-refractivity contribution in [2.75, 3.05) is 0 Å². The quantitative estimate of drug-likeness (QED) is 0.0654. The predicted octanol–water partition coefficient (Wildman–Crippen LogP) is 10.5. The Morgan fingerprint density at radius 1 is 0.380 bits per heavy atom. The molecular formula is C28H16F12O6S4. The molecular weight excluding hydrogens is 789 g/mol. The lowest BCUT2D eigenvalue weighted by Gasteiger charge is -2.08. The van der Waals surface area contributed by atoms with Gasteiger partial charge in [0.05, 0.1) is 0 Å². The lowest BCUT2D eigenvalue weighted by Crippen LogP contribution is -2.21. The molecule has 50 heavy (non-hydrogen) atoms. The summed E-state index contributed by atoms with van der Waals surface area (Å²) in [6, 6.07) is 27.1. The smallest absolute Gasteiger partial charge is 0.601 e. The molecule has 4 aromatic carbocycles. The van der Waals surface area contributed by atoms with Crippen molar-refractivity contribution in [2.45, 2.75) is 22.0 Å². The summed E-state index contributed by atoms with van der Waals surface area (Å²) >= 11 is 0. The normalized spacial score (nSPS) is 12.9. The van der Waals surface area contributed by atoms with Crippen LogP contribution in [0.3, 0.4) is 0 Å². The van der Waals surface area contributed by atoms with Crippen molar-refractivity contribution in [2.24, 2.45) is 0 Å². The van der Waals surface area contributed by atoms with E-state index in [0.717, 1.165) is 0 Å². The largest absolute Gasteiger partial charge is 0.741 e. The van der Waals surface area contributed by atoms with Crippen molar-refractivity contribution in [3.8, 4) is 0 Å². The number of halogens is 12. The van der Waals surface area contributed by atoms with E-state index in [1.54, 1.807) is 97.1 Å². The van der Waals surface area contributed by atoms with Crippen LogP contribution in [0.2, 0.25) is 0 Å². The molecule has 0 saturated heterocycles. The van der Waals surface area contributed by atoms with Gasteiger partial charge in [-0.05, 0) is 48.5 Å². The Morgan fingerprint density at radius 2 is 0.540 bits per heavy atom. The monoisotopic (exact) mass is 804 g/mol. The summed E-state index contributed by atoms with van der Waals surface area (Å²) in [4.78, 5) is 0. The minimum absolute atomic E-state index is 0.390. The highest BCUT2D eigenvalue weighted by atomic mass is 32.2. The van der Waals surface area contributed by atoms with Crippen molar-refractivity contribution in [1.82, 2.24) is 0 Å². The van der Waals surface area contributed by atoms with Crippen LogP contribution in [0.15, 0.2) is 97.1 Å². The molecule has 6 nitrogen and oxygen atoms in total. The van der Waals surface area contributed by atoms with Crippen molar-refractivity contribution in [3.63, 3.8) is 0 Å². The van der Waals surface area contributed by atoms with E-state index >= 15 is 0 Å². The fourth-order valence-corrected chi connectivity index (χ4v) is 8.13. The van der Waals surface area contributed by atoms with Crippen LogP contribution in [0, 0.1) is 0 Å². The summed E-state index contributed by atoms with van der Waals surface area (Å²) in [5.41, 5.74) is -19.7. The Kier molecular flexibility index (Phi) is 11.8. The van der Waals surface area contributed by atoms with Crippen LogP contribution < -0.4 is 0 Å². The van der Waals surface area contributed by atoms with E-state index < -0.39 is 63.2 Å². The topological polar surface area (TPSA) is 114 Å². The average molecular weight is 805 g/mol. The van der Waals surface area contributed by atoms with E-state index in [9.17, 15) is 52.7 Å². The SMILES string of the molecule is FC(F)(F)[s+]1c2ccccc2c2ccccc21.FC(F)(F)[s+]1c2ccccc2c2ccccc21.O=S(=O)([O-])C(F)(F)F.O=S(=O)([O-])C(F)(F)F. The zero-order valence-electron chi connectivity index (χ0n) is 23.9.